The molecular formula is C17H22N2O. The van der Waals surface area contributed by atoms with E-state index in [1.807, 2.05) is 42.5 Å². The largest absolute Gasteiger partial charge is 0.497 e. The summed E-state index contributed by atoms with van der Waals surface area (Å²) in [5.74, 6) is 0.853. The van der Waals surface area contributed by atoms with E-state index >= 15 is 0 Å². The van der Waals surface area contributed by atoms with Crippen LogP contribution in [0.25, 0.3) is 0 Å². The van der Waals surface area contributed by atoms with Gasteiger partial charge in [-0.2, -0.15) is 0 Å². The van der Waals surface area contributed by atoms with E-state index < -0.39 is 0 Å². The molecule has 0 aromatic heterocycles. The molecule has 0 saturated carbocycles. The smallest absolute Gasteiger partial charge is 0.119 e. The van der Waals surface area contributed by atoms with Gasteiger partial charge in [-0.05, 0) is 36.2 Å². The molecule has 0 heterocycles. The van der Waals surface area contributed by atoms with Crippen molar-refractivity contribution in [1.82, 2.24) is 0 Å². The zero-order valence-corrected chi connectivity index (χ0v) is 12.0. The Bertz CT molecular complexity index is 510. The number of ether oxygens (including phenoxy) is 1. The lowest BCUT2D eigenvalue weighted by atomic mass is 9.97. The van der Waals surface area contributed by atoms with Gasteiger partial charge in [0.1, 0.15) is 5.75 Å². The predicted octanol–water partition coefficient (Wildman–Crippen LogP) is 3.59. The number of nitrogens with two attached hydrogens (primary N) is 1. The molecule has 3 nitrogen and oxygen atoms in total. The Kier molecular flexibility index (Phi) is 5.02. The van der Waals surface area contributed by atoms with Crippen LogP contribution < -0.4 is 15.8 Å². The third-order valence-corrected chi connectivity index (χ3v) is 3.47. The maximum atomic E-state index is 6.27. The first-order valence-electron chi connectivity index (χ1n) is 6.95. The zero-order chi connectivity index (χ0) is 14.4. The maximum absolute atomic E-state index is 6.27. The lowest BCUT2D eigenvalue weighted by Gasteiger charge is -2.26. The van der Waals surface area contributed by atoms with Crippen molar-refractivity contribution in [3.8, 4) is 5.75 Å². The highest BCUT2D eigenvalue weighted by molar-refractivity contribution is 5.48. The van der Waals surface area contributed by atoms with Gasteiger partial charge in [-0.15, -0.1) is 0 Å². The predicted molar refractivity (Wildman–Crippen MR) is 84.1 cm³/mol. The molecule has 0 amide bonds. The summed E-state index contributed by atoms with van der Waals surface area (Å²) in [7, 11) is 1.67. The molecule has 0 aliphatic heterocycles. The summed E-state index contributed by atoms with van der Waals surface area (Å²) in [6.07, 6.45) is 0.919. The summed E-state index contributed by atoms with van der Waals surface area (Å²) in [6, 6.07) is 18.4. The highest BCUT2D eigenvalue weighted by atomic mass is 16.5. The van der Waals surface area contributed by atoms with Gasteiger partial charge in [-0.1, -0.05) is 37.3 Å². The van der Waals surface area contributed by atoms with Crippen molar-refractivity contribution in [3.63, 3.8) is 0 Å². The summed E-state index contributed by atoms with van der Waals surface area (Å²) in [6.45, 7) is 2.11. The third kappa shape index (κ3) is 3.52. The molecule has 20 heavy (non-hydrogen) atoms. The minimum Gasteiger partial charge on any atom is -0.497 e. The quantitative estimate of drug-likeness (QED) is 0.843. The first-order valence-corrected chi connectivity index (χ1v) is 6.95. The van der Waals surface area contributed by atoms with Gasteiger partial charge in [0, 0.05) is 11.7 Å². The Balaban J connectivity index is 2.19. The van der Waals surface area contributed by atoms with E-state index in [9.17, 15) is 0 Å². The van der Waals surface area contributed by atoms with Crippen LogP contribution in [0.5, 0.6) is 5.75 Å². The number of rotatable bonds is 6. The fourth-order valence-electron chi connectivity index (χ4n) is 2.20. The Labute approximate surface area is 120 Å². The Morgan fingerprint density at radius 3 is 2.25 bits per heavy atom. The Hall–Kier alpha value is -2.00. The Morgan fingerprint density at radius 2 is 1.70 bits per heavy atom. The standard InChI is InChI=1S/C17H22N2O/c1-3-16(18)17(13-7-5-4-6-8-13)19-14-9-11-15(20-2)12-10-14/h4-12,16-17,19H,3,18H2,1-2H3/t16-,17+/m1/s1. The van der Waals surface area contributed by atoms with Crippen molar-refractivity contribution in [2.24, 2.45) is 5.73 Å². The van der Waals surface area contributed by atoms with Gasteiger partial charge < -0.3 is 15.8 Å². The molecule has 0 saturated heterocycles. The number of anilines is 1. The van der Waals surface area contributed by atoms with Crippen LogP contribution in [0.1, 0.15) is 24.9 Å². The Morgan fingerprint density at radius 1 is 1.05 bits per heavy atom. The number of nitrogens with one attached hydrogen (secondary N) is 1. The van der Waals surface area contributed by atoms with Gasteiger partial charge in [0.2, 0.25) is 0 Å². The van der Waals surface area contributed by atoms with Crippen molar-refractivity contribution in [2.45, 2.75) is 25.4 Å². The lowest BCUT2D eigenvalue weighted by molar-refractivity contribution is 0.415. The molecule has 0 bridgehead atoms. The van der Waals surface area contributed by atoms with Crippen molar-refractivity contribution < 1.29 is 4.74 Å². The number of methoxy groups -OCH3 is 1. The van der Waals surface area contributed by atoms with Crippen LogP contribution in [0.2, 0.25) is 0 Å². The van der Waals surface area contributed by atoms with Crippen LogP contribution in [0.4, 0.5) is 5.69 Å². The van der Waals surface area contributed by atoms with Crippen molar-refractivity contribution >= 4 is 5.69 Å². The fraction of sp³-hybridized carbons (Fsp3) is 0.294. The number of hydrogen-bond acceptors (Lipinski definition) is 3. The van der Waals surface area contributed by atoms with Gasteiger partial charge in [0.25, 0.3) is 0 Å². The zero-order valence-electron chi connectivity index (χ0n) is 12.0. The van der Waals surface area contributed by atoms with Gasteiger partial charge in [-0.3, -0.25) is 0 Å². The minimum absolute atomic E-state index is 0.0690. The second-order valence-electron chi connectivity index (χ2n) is 4.83. The second kappa shape index (κ2) is 6.96. The molecule has 0 fully saturated rings. The molecule has 2 aromatic carbocycles. The van der Waals surface area contributed by atoms with E-state index in [1.54, 1.807) is 7.11 Å². The van der Waals surface area contributed by atoms with Crippen LogP contribution >= 0.6 is 0 Å². The molecule has 2 rings (SSSR count). The lowest BCUT2D eigenvalue weighted by Crippen LogP contribution is -2.32. The van der Waals surface area contributed by atoms with Crippen LogP contribution in [-0.2, 0) is 0 Å². The van der Waals surface area contributed by atoms with Gasteiger partial charge in [0.15, 0.2) is 0 Å². The summed E-state index contributed by atoms with van der Waals surface area (Å²) >= 11 is 0. The molecule has 0 unspecified atom stereocenters. The molecule has 3 N–H and O–H groups in total. The van der Waals surface area contributed by atoms with Gasteiger partial charge >= 0.3 is 0 Å². The monoisotopic (exact) mass is 270 g/mol. The van der Waals surface area contributed by atoms with E-state index in [-0.39, 0.29) is 12.1 Å². The first-order chi connectivity index (χ1) is 9.74. The van der Waals surface area contributed by atoms with Crippen LogP contribution in [0.3, 0.4) is 0 Å². The van der Waals surface area contributed by atoms with Crippen molar-refractivity contribution in [3.05, 3.63) is 60.2 Å². The van der Waals surface area contributed by atoms with E-state index in [4.69, 9.17) is 10.5 Å². The molecule has 2 aromatic rings. The average Bonchev–Trinajstić information content (AvgIpc) is 2.53. The van der Waals surface area contributed by atoms with Crippen molar-refractivity contribution in [2.75, 3.05) is 12.4 Å². The number of hydrogen-bond donors (Lipinski definition) is 2. The molecule has 0 radical (unpaired) electrons. The molecular weight excluding hydrogens is 248 g/mol. The van der Waals surface area contributed by atoms with E-state index in [0.29, 0.717) is 0 Å². The van der Waals surface area contributed by atoms with Crippen molar-refractivity contribution in [1.29, 1.82) is 0 Å². The fourth-order valence-corrected chi connectivity index (χ4v) is 2.20. The highest BCUT2D eigenvalue weighted by Crippen LogP contribution is 2.24. The minimum atomic E-state index is 0.0690. The molecule has 3 heteroatoms. The average molecular weight is 270 g/mol. The first kappa shape index (κ1) is 14.4. The van der Waals surface area contributed by atoms with E-state index in [0.717, 1.165) is 17.9 Å². The molecule has 2 atom stereocenters. The molecule has 0 aliphatic rings. The summed E-state index contributed by atoms with van der Waals surface area (Å²) in [4.78, 5) is 0. The van der Waals surface area contributed by atoms with Crippen LogP contribution in [0.15, 0.2) is 54.6 Å². The second-order valence-corrected chi connectivity index (χ2v) is 4.83. The van der Waals surface area contributed by atoms with Crippen LogP contribution in [0, 0.1) is 0 Å². The third-order valence-electron chi connectivity index (χ3n) is 3.47. The summed E-state index contributed by atoms with van der Waals surface area (Å²) in [5, 5.41) is 3.52. The van der Waals surface area contributed by atoms with Gasteiger partial charge in [-0.25, -0.2) is 0 Å². The summed E-state index contributed by atoms with van der Waals surface area (Å²) in [5.41, 5.74) is 8.52. The molecule has 0 spiro atoms. The molecule has 106 valence electrons. The topological polar surface area (TPSA) is 47.3 Å². The normalized spacial score (nSPS) is 13.6. The molecule has 0 aliphatic carbocycles. The summed E-state index contributed by atoms with van der Waals surface area (Å²) < 4.78 is 5.17. The van der Waals surface area contributed by atoms with Crippen LogP contribution in [-0.4, -0.2) is 13.2 Å². The number of benzene rings is 2. The van der Waals surface area contributed by atoms with Gasteiger partial charge in [0.05, 0.1) is 13.2 Å². The maximum Gasteiger partial charge on any atom is 0.119 e. The SMILES string of the molecule is CC[C@@H](N)[C@@H](Nc1ccc(OC)cc1)c1ccccc1. The van der Waals surface area contributed by atoms with E-state index in [2.05, 4.69) is 24.4 Å². The van der Waals surface area contributed by atoms with E-state index in [1.165, 1.54) is 5.56 Å². The highest BCUT2D eigenvalue weighted by Gasteiger charge is 2.17.